The number of allylic oxidation sites excluding steroid dienone is 4. The second-order valence-corrected chi connectivity index (χ2v) is 5.31. The van der Waals surface area contributed by atoms with Gasteiger partial charge in [-0.25, -0.2) is 0 Å². The van der Waals surface area contributed by atoms with Crippen LogP contribution in [-0.2, 0) is 0 Å². The second-order valence-electron chi connectivity index (χ2n) is 4.47. The van der Waals surface area contributed by atoms with Crippen LogP contribution in [0.1, 0.15) is 20.8 Å². The van der Waals surface area contributed by atoms with Gasteiger partial charge in [0.25, 0.3) is 0 Å². The average molecular weight is 268 g/mol. The van der Waals surface area contributed by atoms with Gasteiger partial charge in [0, 0.05) is 29.0 Å². The molecule has 1 rings (SSSR count). The van der Waals surface area contributed by atoms with E-state index in [0.29, 0.717) is 23.6 Å². The van der Waals surface area contributed by atoms with Gasteiger partial charge in [-0.1, -0.05) is 24.1 Å². The molecule has 2 atom stereocenters. The van der Waals surface area contributed by atoms with Crippen LogP contribution in [0.4, 0.5) is 0 Å². The summed E-state index contributed by atoms with van der Waals surface area (Å²) in [5, 5.41) is 0. The highest BCUT2D eigenvalue weighted by Crippen LogP contribution is 2.43. The summed E-state index contributed by atoms with van der Waals surface area (Å²) in [4.78, 5) is 0. The van der Waals surface area contributed by atoms with Gasteiger partial charge in [-0.3, -0.25) is 0 Å². The molecular formula is C12H17Cl3. The normalized spacial score (nSPS) is 31.9. The minimum atomic E-state index is -0.0347. The Morgan fingerprint density at radius 3 is 2.27 bits per heavy atom. The van der Waals surface area contributed by atoms with E-state index < -0.39 is 0 Å². The van der Waals surface area contributed by atoms with E-state index in [1.165, 1.54) is 16.7 Å². The molecule has 0 N–H and O–H groups in total. The van der Waals surface area contributed by atoms with E-state index in [9.17, 15) is 0 Å². The molecule has 0 bridgehead atoms. The Labute approximate surface area is 107 Å². The van der Waals surface area contributed by atoms with E-state index in [4.69, 9.17) is 34.8 Å². The smallest absolute Gasteiger partial charge is 0.0476 e. The molecule has 0 aromatic rings. The van der Waals surface area contributed by atoms with Gasteiger partial charge in [-0.2, -0.15) is 0 Å². The fourth-order valence-corrected chi connectivity index (χ4v) is 3.60. The Hall–Kier alpha value is 0.350. The van der Waals surface area contributed by atoms with Crippen LogP contribution in [0.25, 0.3) is 0 Å². The monoisotopic (exact) mass is 266 g/mol. The van der Waals surface area contributed by atoms with Crippen molar-refractivity contribution in [2.45, 2.75) is 20.8 Å². The standard InChI is InChI=1S/C12H17Cl3/c1-8-4-12(3,7-15)11(6-14)9(2)10(8)5-13/h4,11H,5-7H2,1-3H3. The fourth-order valence-electron chi connectivity index (χ4n) is 2.33. The van der Waals surface area contributed by atoms with Gasteiger partial charge in [0.05, 0.1) is 0 Å². The molecule has 0 amide bonds. The third-order valence-corrected chi connectivity index (χ3v) is 4.54. The molecule has 86 valence electrons. The first kappa shape index (κ1) is 13.4. The van der Waals surface area contributed by atoms with Crippen LogP contribution in [0.3, 0.4) is 0 Å². The zero-order chi connectivity index (χ0) is 11.6. The van der Waals surface area contributed by atoms with Gasteiger partial charge in [0.15, 0.2) is 0 Å². The van der Waals surface area contributed by atoms with Crippen molar-refractivity contribution in [3.8, 4) is 0 Å². The van der Waals surface area contributed by atoms with Crippen LogP contribution in [-0.4, -0.2) is 17.6 Å². The SMILES string of the molecule is CC1=CC(C)(CCl)C(CCl)C(C)=C1CCl. The molecule has 3 heteroatoms. The predicted octanol–water partition coefficient (Wildman–Crippen LogP) is 4.60. The summed E-state index contributed by atoms with van der Waals surface area (Å²) in [5.74, 6) is 2.04. The molecule has 0 radical (unpaired) electrons. The van der Waals surface area contributed by atoms with Crippen LogP contribution in [0.2, 0.25) is 0 Å². The maximum Gasteiger partial charge on any atom is 0.0476 e. The van der Waals surface area contributed by atoms with Gasteiger partial charge < -0.3 is 0 Å². The van der Waals surface area contributed by atoms with Crippen LogP contribution in [0.15, 0.2) is 22.8 Å². The molecule has 2 unspecified atom stereocenters. The molecule has 0 saturated carbocycles. The molecule has 0 saturated heterocycles. The molecule has 1 aliphatic carbocycles. The predicted molar refractivity (Wildman–Crippen MR) is 70.2 cm³/mol. The van der Waals surface area contributed by atoms with Gasteiger partial charge in [0.1, 0.15) is 0 Å². The Bertz CT molecular complexity index is 304. The van der Waals surface area contributed by atoms with Crippen molar-refractivity contribution in [1.82, 2.24) is 0 Å². The lowest BCUT2D eigenvalue weighted by atomic mass is 9.69. The molecule has 0 aromatic carbocycles. The molecule has 15 heavy (non-hydrogen) atoms. The van der Waals surface area contributed by atoms with E-state index in [-0.39, 0.29) is 5.41 Å². The lowest BCUT2D eigenvalue weighted by Crippen LogP contribution is -2.33. The first-order valence-corrected chi connectivity index (χ1v) is 6.68. The Kier molecular flexibility index (Phi) is 4.58. The fraction of sp³-hybridized carbons (Fsp3) is 0.667. The summed E-state index contributed by atoms with van der Waals surface area (Å²) in [6.45, 7) is 6.37. The van der Waals surface area contributed by atoms with Crippen molar-refractivity contribution < 1.29 is 0 Å². The Morgan fingerprint density at radius 1 is 1.27 bits per heavy atom. The topological polar surface area (TPSA) is 0 Å². The molecule has 0 aliphatic heterocycles. The highest BCUT2D eigenvalue weighted by atomic mass is 35.5. The van der Waals surface area contributed by atoms with Crippen molar-refractivity contribution in [3.05, 3.63) is 22.8 Å². The van der Waals surface area contributed by atoms with Crippen LogP contribution >= 0.6 is 34.8 Å². The summed E-state index contributed by atoms with van der Waals surface area (Å²) in [5.41, 5.74) is 3.73. The number of rotatable bonds is 3. The first-order valence-electron chi connectivity index (χ1n) is 5.07. The van der Waals surface area contributed by atoms with E-state index in [1.54, 1.807) is 0 Å². The molecule has 0 aromatic heterocycles. The number of hydrogen-bond donors (Lipinski definition) is 0. The minimum absolute atomic E-state index is 0.0347. The molecule has 0 heterocycles. The Balaban J connectivity index is 3.19. The van der Waals surface area contributed by atoms with Crippen LogP contribution in [0, 0.1) is 11.3 Å². The Morgan fingerprint density at radius 2 is 1.87 bits per heavy atom. The largest absolute Gasteiger partial charge is 0.126 e. The van der Waals surface area contributed by atoms with Crippen LogP contribution < -0.4 is 0 Å². The van der Waals surface area contributed by atoms with Crippen LogP contribution in [0.5, 0.6) is 0 Å². The van der Waals surface area contributed by atoms with Gasteiger partial charge in [0.2, 0.25) is 0 Å². The quantitative estimate of drug-likeness (QED) is 0.656. The second kappa shape index (κ2) is 5.12. The lowest BCUT2D eigenvalue weighted by molar-refractivity contribution is 0.351. The third kappa shape index (κ3) is 2.38. The highest BCUT2D eigenvalue weighted by Gasteiger charge is 2.36. The van der Waals surface area contributed by atoms with Crippen molar-refractivity contribution >= 4 is 34.8 Å². The maximum absolute atomic E-state index is 6.06. The minimum Gasteiger partial charge on any atom is -0.126 e. The van der Waals surface area contributed by atoms with Crippen molar-refractivity contribution in [2.24, 2.45) is 11.3 Å². The molecule has 0 nitrogen and oxygen atoms in total. The van der Waals surface area contributed by atoms with Crippen molar-refractivity contribution in [2.75, 3.05) is 17.6 Å². The third-order valence-electron chi connectivity index (χ3n) is 3.39. The van der Waals surface area contributed by atoms with Gasteiger partial charge >= 0.3 is 0 Å². The zero-order valence-corrected chi connectivity index (χ0v) is 11.7. The number of alkyl halides is 3. The van der Waals surface area contributed by atoms with E-state index in [2.05, 4.69) is 26.8 Å². The van der Waals surface area contributed by atoms with Crippen molar-refractivity contribution in [1.29, 1.82) is 0 Å². The summed E-state index contributed by atoms with van der Waals surface area (Å²) in [7, 11) is 0. The average Bonchev–Trinajstić information content (AvgIpc) is 2.18. The molecule has 0 fully saturated rings. The summed E-state index contributed by atoms with van der Waals surface area (Å²) in [6.07, 6.45) is 2.22. The summed E-state index contributed by atoms with van der Waals surface area (Å²) in [6, 6.07) is 0. The number of halogens is 3. The first-order chi connectivity index (χ1) is 7.00. The van der Waals surface area contributed by atoms with E-state index in [1.807, 2.05) is 0 Å². The van der Waals surface area contributed by atoms with Gasteiger partial charge in [-0.15, -0.1) is 34.8 Å². The van der Waals surface area contributed by atoms with E-state index >= 15 is 0 Å². The van der Waals surface area contributed by atoms with Crippen molar-refractivity contribution in [3.63, 3.8) is 0 Å². The molecular weight excluding hydrogens is 250 g/mol. The summed E-state index contributed by atoms with van der Waals surface area (Å²) >= 11 is 18.1. The zero-order valence-electron chi connectivity index (χ0n) is 9.41. The van der Waals surface area contributed by atoms with Gasteiger partial charge in [-0.05, 0) is 19.4 Å². The summed E-state index contributed by atoms with van der Waals surface area (Å²) < 4.78 is 0. The number of hydrogen-bond acceptors (Lipinski definition) is 0. The maximum atomic E-state index is 6.06. The lowest BCUT2D eigenvalue weighted by Gasteiger charge is -2.38. The molecule has 0 spiro atoms. The molecule has 1 aliphatic rings. The van der Waals surface area contributed by atoms with E-state index in [0.717, 1.165) is 0 Å². The highest BCUT2D eigenvalue weighted by molar-refractivity contribution is 6.20.